The summed E-state index contributed by atoms with van der Waals surface area (Å²) >= 11 is 0. The fourth-order valence-corrected chi connectivity index (χ4v) is 3.86. The van der Waals surface area contributed by atoms with Crippen LogP contribution in [0.25, 0.3) is 0 Å². The lowest BCUT2D eigenvalue weighted by molar-refractivity contribution is -0.193. The van der Waals surface area contributed by atoms with Gasteiger partial charge in [-0.15, -0.1) is 0 Å². The number of hydrogen-bond acceptors (Lipinski definition) is 3. The Hall–Kier alpha value is -2.14. The Balaban J connectivity index is 1.80. The van der Waals surface area contributed by atoms with Crippen LogP contribution in [-0.2, 0) is 9.59 Å². The first-order chi connectivity index (χ1) is 12.3. The van der Waals surface area contributed by atoms with Gasteiger partial charge in [-0.25, -0.2) is 13.6 Å². The molecule has 0 unspecified atom stereocenters. The summed E-state index contributed by atoms with van der Waals surface area (Å²) in [6, 6.07) is -2.46. The van der Waals surface area contributed by atoms with Gasteiger partial charge in [0, 0.05) is 25.6 Å². The van der Waals surface area contributed by atoms with Gasteiger partial charge in [0.15, 0.2) is 0 Å². The number of carbonyl (C=O) groups is 3. The minimum absolute atomic E-state index is 0.232. The largest absolute Gasteiger partial charge is 0.471 e. The van der Waals surface area contributed by atoms with Gasteiger partial charge in [0.2, 0.25) is 5.91 Å². The summed E-state index contributed by atoms with van der Waals surface area (Å²) in [5.74, 6) is -6.21. The predicted molar refractivity (Wildman–Crippen MR) is 79.0 cm³/mol. The molecule has 1 N–H and O–H groups in total. The van der Waals surface area contributed by atoms with Crippen LogP contribution >= 0.6 is 0 Å². The van der Waals surface area contributed by atoms with Crippen molar-refractivity contribution in [1.82, 2.24) is 14.7 Å². The normalized spacial score (nSPS) is 29.2. The highest BCUT2D eigenvalue weighted by molar-refractivity contribution is 5.88. The van der Waals surface area contributed by atoms with Crippen LogP contribution in [0.2, 0.25) is 0 Å². The maximum Gasteiger partial charge on any atom is 0.471 e. The standard InChI is InChI=1S/C15H18F5N3O4/c1-8-5-23(11(25)15(18,19)20)13(2-3-13)6-21(8)10(24)9-4-14(16,17)7-22(9)12(26)27/h8-9H,2-7H2,1H3,(H,26,27)/t8-,9-/m0/s1. The zero-order valence-corrected chi connectivity index (χ0v) is 14.3. The van der Waals surface area contributed by atoms with Crippen molar-refractivity contribution in [3.63, 3.8) is 0 Å². The average molecular weight is 399 g/mol. The van der Waals surface area contributed by atoms with Crippen LogP contribution in [0.15, 0.2) is 0 Å². The number of hydrogen-bond donors (Lipinski definition) is 1. The summed E-state index contributed by atoms with van der Waals surface area (Å²) < 4.78 is 65.8. The van der Waals surface area contributed by atoms with E-state index in [-0.39, 0.29) is 25.9 Å². The monoisotopic (exact) mass is 399 g/mol. The third-order valence-corrected chi connectivity index (χ3v) is 5.41. The summed E-state index contributed by atoms with van der Waals surface area (Å²) in [7, 11) is 0. The quantitative estimate of drug-likeness (QED) is 0.679. The van der Waals surface area contributed by atoms with Crippen molar-refractivity contribution in [3.05, 3.63) is 0 Å². The molecule has 0 radical (unpaired) electrons. The molecule has 7 nitrogen and oxygen atoms in total. The molecule has 2 heterocycles. The topological polar surface area (TPSA) is 81.2 Å². The number of nitrogens with zero attached hydrogens (tertiary/aromatic N) is 3. The number of rotatable bonds is 1. The van der Waals surface area contributed by atoms with Gasteiger partial charge in [0.1, 0.15) is 6.04 Å². The van der Waals surface area contributed by atoms with Crippen LogP contribution in [0, 0.1) is 0 Å². The number of piperazine rings is 1. The first-order valence-electron chi connectivity index (χ1n) is 8.34. The molecule has 152 valence electrons. The minimum atomic E-state index is -5.05. The molecule has 3 aliphatic rings. The summed E-state index contributed by atoms with van der Waals surface area (Å²) in [4.78, 5) is 37.9. The zero-order valence-electron chi connectivity index (χ0n) is 14.3. The van der Waals surface area contributed by atoms with Crippen LogP contribution in [0.4, 0.5) is 26.7 Å². The van der Waals surface area contributed by atoms with E-state index in [2.05, 4.69) is 0 Å². The highest BCUT2D eigenvalue weighted by Crippen LogP contribution is 2.47. The van der Waals surface area contributed by atoms with Gasteiger partial charge in [0.25, 0.3) is 5.92 Å². The van der Waals surface area contributed by atoms with E-state index in [4.69, 9.17) is 5.11 Å². The van der Waals surface area contributed by atoms with Crippen molar-refractivity contribution < 1.29 is 41.4 Å². The van der Waals surface area contributed by atoms with E-state index in [1.807, 2.05) is 0 Å². The molecule has 2 aliphatic heterocycles. The Bertz CT molecular complexity index is 679. The molecule has 12 heteroatoms. The average Bonchev–Trinajstić information content (AvgIpc) is 3.22. The van der Waals surface area contributed by atoms with Crippen LogP contribution in [-0.4, -0.2) is 87.1 Å². The molecule has 2 saturated heterocycles. The van der Waals surface area contributed by atoms with Gasteiger partial charge in [-0.05, 0) is 19.8 Å². The van der Waals surface area contributed by atoms with Gasteiger partial charge in [-0.2, -0.15) is 13.2 Å². The number of carboxylic acid groups (broad SMARTS) is 1. The van der Waals surface area contributed by atoms with Crippen LogP contribution < -0.4 is 0 Å². The lowest BCUT2D eigenvalue weighted by Crippen LogP contribution is -2.65. The first-order valence-corrected chi connectivity index (χ1v) is 8.34. The Morgan fingerprint density at radius 3 is 2.15 bits per heavy atom. The lowest BCUT2D eigenvalue weighted by atomic mass is 10.0. The molecular weight excluding hydrogens is 381 g/mol. The molecule has 3 fully saturated rings. The first kappa shape index (κ1) is 19.6. The number of alkyl halides is 5. The number of carbonyl (C=O) groups excluding carboxylic acids is 2. The fourth-order valence-electron chi connectivity index (χ4n) is 3.86. The van der Waals surface area contributed by atoms with Crippen molar-refractivity contribution in [2.75, 3.05) is 19.6 Å². The Morgan fingerprint density at radius 2 is 1.67 bits per heavy atom. The van der Waals surface area contributed by atoms with Crippen molar-refractivity contribution in [3.8, 4) is 0 Å². The summed E-state index contributed by atoms with van der Waals surface area (Å²) in [6.07, 6.45) is -7.16. The van der Waals surface area contributed by atoms with E-state index >= 15 is 0 Å². The molecule has 0 aromatic heterocycles. The molecule has 1 saturated carbocycles. The van der Waals surface area contributed by atoms with E-state index in [0.29, 0.717) is 9.80 Å². The molecule has 0 aromatic rings. The van der Waals surface area contributed by atoms with E-state index in [9.17, 15) is 36.3 Å². The van der Waals surface area contributed by atoms with Gasteiger partial charge >= 0.3 is 18.2 Å². The molecule has 27 heavy (non-hydrogen) atoms. The maximum absolute atomic E-state index is 13.6. The van der Waals surface area contributed by atoms with Crippen LogP contribution in [0.5, 0.6) is 0 Å². The highest BCUT2D eigenvalue weighted by atomic mass is 19.4. The van der Waals surface area contributed by atoms with Gasteiger partial charge in [0.05, 0.1) is 12.1 Å². The molecule has 1 spiro atoms. The van der Waals surface area contributed by atoms with Gasteiger partial charge in [-0.1, -0.05) is 0 Å². The van der Waals surface area contributed by atoms with Crippen molar-refractivity contribution in [2.24, 2.45) is 0 Å². The summed E-state index contributed by atoms with van der Waals surface area (Å²) in [6.45, 7) is -0.322. The van der Waals surface area contributed by atoms with Crippen LogP contribution in [0.1, 0.15) is 26.2 Å². The van der Waals surface area contributed by atoms with Crippen molar-refractivity contribution >= 4 is 17.9 Å². The lowest BCUT2D eigenvalue weighted by Gasteiger charge is -2.47. The van der Waals surface area contributed by atoms with Gasteiger partial charge in [-0.3, -0.25) is 14.5 Å². The maximum atomic E-state index is 13.6. The Kier molecular flexibility index (Phi) is 4.31. The Labute approximate surface area is 150 Å². The molecule has 0 bridgehead atoms. The molecule has 0 aromatic carbocycles. The van der Waals surface area contributed by atoms with Crippen LogP contribution in [0.3, 0.4) is 0 Å². The SMILES string of the molecule is C[C@H]1CN(C(=O)C(F)(F)F)C2(CC2)CN1C(=O)[C@@H]1CC(F)(F)CN1C(=O)O. The molecule has 3 rings (SSSR count). The Morgan fingerprint density at radius 1 is 1.07 bits per heavy atom. The second-order valence-electron chi connectivity index (χ2n) is 7.44. The highest BCUT2D eigenvalue weighted by Gasteiger charge is 2.61. The number of likely N-dealkylation sites (tertiary alicyclic amines) is 1. The predicted octanol–water partition coefficient (Wildman–Crippen LogP) is 1.53. The van der Waals surface area contributed by atoms with Crippen molar-refractivity contribution in [1.29, 1.82) is 0 Å². The summed E-state index contributed by atoms with van der Waals surface area (Å²) in [5.41, 5.74) is -1.16. The second-order valence-corrected chi connectivity index (χ2v) is 7.44. The number of halogens is 5. The van der Waals surface area contributed by atoms with Gasteiger partial charge < -0.3 is 14.9 Å². The third kappa shape index (κ3) is 3.41. The zero-order chi connectivity index (χ0) is 20.4. The van der Waals surface area contributed by atoms with E-state index in [0.717, 1.165) is 4.90 Å². The molecule has 1 aliphatic carbocycles. The van der Waals surface area contributed by atoms with E-state index < -0.39 is 60.6 Å². The smallest absolute Gasteiger partial charge is 0.465 e. The van der Waals surface area contributed by atoms with E-state index in [1.54, 1.807) is 0 Å². The minimum Gasteiger partial charge on any atom is -0.465 e. The fraction of sp³-hybridized carbons (Fsp3) is 0.800. The molecule has 3 amide bonds. The van der Waals surface area contributed by atoms with E-state index in [1.165, 1.54) is 6.92 Å². The third-order valence-electron chi connectivity index (χ3n) is 5.41. The molecular formula is C15H18F5N3O4. The second kappa shape index (κ2) is 5.93. The number of amides is 3. The summed E-state index contributed by atoms with van der Waals surface area (Å²) in [5, 5.41) is 9.09. The molecule has 2 atom stereocenters. The van der Waals surface area contributed by atoms with Crippen molar-refractivity contribution in [2.45, 2.75) is 55.9 Å².